The summed E-state index contributed by atoms with van der Waals surface area (Å²) in [6.07, 6.45) is -1.53. The highest BCUT2D eigenvalue weighted by molar-refractivity contribution is 5.94. The fourth-order valence-electron chi connectivity index (χ4n) is 5.28. The van der Waals surface area contributed by atoms with Crippen LogP contribution >= 0.6 is 0 Å². The summed E-state index contributed by atoms with van der Waals surface area (Å²) in [5, 5.41) is 10.1. The van der Waals surface area contributed by atoms with Crippen molar-refractivity contribution < 1.29 is 31.5 Å². The molecule has 2 aliphatic carbocycles. The zero-order chi connectivity index (χ0) is 28.5. The molecule has 2 aliphatic rings. The van der Waals surface area contributed by atoms with Crippen LogP contribution in [0.2, 0.25) is 0 Å². The molecule has 12 heteroatoms. The van der Waals surface area contributed by atoms with E-state index in [9.17, 15) is 31.5 Å². The molecular formula is C28H30F5N5O2. The number of amides is 2. The number of hydrogen-bond donors (Lipinski definition) is 2. The third-order valence-corrected chi connectivity index (χ3v) is 7.64. The Bertz CT molecular complexity index is 1350. The van der Waals surface area contributed by atoms with Gasteiger partial charge in [0.15, 0.2) is 5.65 Å². The fourth-order valence-corrected chi connectivity index (χ4v) is 5.28. The molecule has 0 unspecified atom stereocenters. The van der Waals surface area contributed by atoms with Crippen molar-refractivity contribution in [2.45, 2.75) is 75.5 Å². The van der Waals surface area contributed by atoms with Crippen LogP contribution in [0.3, 0.4) is 0 Å². The number of hydrogen-bond acceptors (Lipinski definition) is 4. The summed E-state index contributed by atoms with van der Waals surface area (Å²) >= 11 is 0. The molecule has 3 aromatic rings. The van der Waals surface area contributed by atoms with E-state index in [1.54, 1.807) is 48.8 Å². The highest BCUT2D eigenvalue weighted by atomic mass is 19.4. The Balaban J connectivity index is 1.39. The second-order valence-electron chi connectivity index (χ2n) is 10.8. The highest BCUT2D eigenvalue weighted by Crippen LogP contribution is 2.43. The summed E-state index contributed by atoms with van der Waals surface area (Å²) in [7, 11) is 0. The van der Waals surface area contributed by atoms with Crippen LogP contribution in [0, 0.1) is 11.8 Å². The van der Waals surface area contributed by atoms with E-state index < -0.39 is 42.9 Å². The van der Waals surface area contributed by atoms with Gasteiger partial charge < -0.3 is 10.6 Å². The zero-order valence-corrected chi connectivity index (χ0v) is 21.6. The van der Waals surface area contributed by atoms with Crippen LogP contribution in [-0.2, 0) is 4.79 Å². The molecule has 0 bridgehead atoms. The Morgan fingerprint density at radius 1 is 1.00 bits per heavy atom. The van der Waals surface area contributed by atoms with Crippen LogP contribution in [-0.4, -0.2) is 38.5 Å². The van der Waals surface area contributed by atoms with Gasteiger partial charge in [-0.1, -0.05) is 18.2 Å². The van der Waals surface area contributed by atoms with Crippen LogP contribution in [0.25, 0.3) is 5.65 Å². The molecule has 0 spiro atoms. The maximum atomic E-state index is 13.9. The molecule has 0 aliphatic heterocycles. The SMILES string of the molecule is O=C(CCC(F)(F)F)N[C@@H](c1cnn2cc([C@@H](NC(=O)c3ccccc3)C3CCC(F)(F)CC3)nc2c1)C1CC1. The largest absolute Gasteiger partial charge is 0.389 e. The zero-order valence-electron chi connectivity index (χ0n) is 21.6. The molecule has 2 amide bonds. The molecule has 2 saturated carbocycles. The Hall–Kier alpha value is -3.57. The number of aromatic nitrogens is 3. The molecule has 2 aromatic heterocycles. The number of benzene rings is 1. The minimum absolute atomic E-state index is 0.0929. The number of rotatable bonds is 9. The molecule has 5 rings (SSSR count). The predicted octanol–water partition coefficient (Wildman–Crippen LogP) is 5.94. The van der Waals surface area contributed by atoms with E-state index in [1.807, 2.05) is 0 Å². The van der Waals surface area contributed by atoms with Gasteiger partial charge in [-0.25, -0.2) is 18.3 Å². The third-order valence-electron chi connectivity index (χ3n) is 7.64. The number of imidazole rings is 1. The topological polar surface area (TPSA) is 88.4 Å². The normalized spacial score (nSPS) is 19.2. The Kier molecular flexibility index (Phi) is 7.78. The summed E-state index contributed by atoms with van der Waals surface area (Å²) in [4.78, 5) is 30.0. The van der Waals surface area contributed by atoms with Crippen LogP contribution in [0.15, 0.2) is 48.8 Å². The van der Waals surface area contributed by atoms with Gasteiger partial charge in [0, 0.05) is 24.8 Å². The lowest BCUT2D eigenvalue weighted by molar-refractivity contribution is -0.144. The summed E-state index contributed by atoms with van der Waals surface area (Å²) in [6.45, 7) is 0. The van der Waals surface area contributed by atoms with Gasteiger partial charge in [-0.15, -0.1) is 0 Å². The molecular weight excluding hydrogens is 533 g/mol. The van der Waals surface area contributed by atoms with Crippen LogP contribution in [0.5, 0.6) is 0 Å². The van der Waals surface area contributed by atoms with Crippen molar-refractivity contribution in [3.63, 3.8) is 0 Å². The first kappa shape index (κ1) is 28.0. The Labute approximate surface area is 227 Å². The summed E-state index contributed by atoms with van der Waals surface area (Å²) in [5.41, 5.74) is 1.95. The van der Waals surface area contributed by atoms with E-state index in [-0.39, 0.29) is 43.4 Å². The number of fused-ring (bicyclic) bond motifs is 1. The van der Waals surface area contributed by atoms with E-state index in [0.29, 0.717) is 22.5 Å². The molecule has 0 radical (unpaired) electrons. The minimum atomic E-state index is -4.42. The minimum Gasteiger partial charge on any atom is -0.349 e. The van der Waals surface area contributed by atoms with E-state index >= 15 is 0 Å². The molecule has 214 valence electrons. The smallest absolute Gasteiger partial charge is 0.349 e. The molecule has 40 heavy (non-hydrogen) atoms. The number of nitrogens with zero attached hydrogens (tertiary/aromatic N) is 3. The standard InChI is InChI=1S/C28H30F5N5O2/c29-27(30)11-8-18(9-12-27)25(37-26(40)19-4-2-1-3-5-19)21-16-38-22(35-21)14-20(15-34-38)24(17-6-7-17)36-23(39)10-13-28(31,32)33/h1-5,14-18,24-25H,6-13H2,(H,36,39)(H,37,40)/t24-,25+/m1/s1. The van der Waals surface area contributed by atoms with Crippen LogP contribution in [0.4, 0.5) is 22.0 Å². The average Bonchev–Trinajstić information content (AvgIpc) is 3.67. The second kappa shape index (κ2) is 11.1. The summed E-state index contributed by atoms with van der Waals surface area (Å²) in [6, 6.07) is 9.19. The van der Waals surface area contributed by atoms with Crippen molar-refractivity contribution in [2.24, 2.45) is 11.8 Å². The average molecular weight is 564 g/mol. The first-order valence-electron chi connectivity index (χ1n) is 13.4. The van der Waals surface area contributed by atoms with Gasteiger partial charge in [0.1, 0.15) is 0 Å². The Morgan fingerprint density at radius 2 is 1.68 bits per heavy atom. The van der Waals surface area contributed by atoms with Gasteiger partial charge in [-0.2, -0.15) is 18.3 Å². The number of nitrogens with one attached hydrogen (secondary N) is 2. The van der Waals surface area contributed by atoms with Crippen molar-refractivity contribution in [2.75, 3.05) is 0 Å². The monoisotopic (exact) mass is 563 g/mol. The number of carbonyl (C=O) groups excluding carboxylic acids is 2. The van der Waals surface area contributed by atoms with Crippen LogP contribution in [0.1, 0.15) is 85.1 Å². The van der Waals surface area contributed by atoms with Gasteiger partial charge in [0.2, 0.25) is 11.8 Å². The van der Waals surface area contributed by atoms with E-state index in [4.69, 9.17) is 0 Å². The maximum Gasteiger partial charge on any atom is 0.389 e. The molecule has 2 heterocycles. The van der Waals surface area contributed by atoms with Gasteiger partial charge in [0.05, 0.1) is 36.6 Å². The second-order valence-corrected chi connectivity index (χ2v) is 10.8. The number of alkyl halides is 5. The molecule has 2 N–H and O–H groups in total. The Morgan fingerprint density at radius 3 is 2.33 bits per heavy atom. The lowest BCUT2D eigenvalue weighted by Crippen LogP contribution is -2.37. The summed E-state index contributed by atoms with van der Waals surface area (Å²) < 4.78 is 67.1. The van der Waals surface area contributed by atoms with E-state index in [1.165, 1.54) is 4.52 Å². The van der Waals surface area contributed by atoms with Crippen molar-refractivity contribution >= 4 is 17.5 Å². The first-order valence-corrected chi connectivity index (χ1v) is 13.4. The number of carbonyl (C=O) groups is 2. The molecule has 1 aromatic carbocycles. The van der Waals surface area contributed by atoms with Crippen molar-refractivity contribution in [3.05, 3.63) is 65.6 Å². The van der Waals surface area contributed by atoms with Gasteiger partial charge >= 0.3 is 6.18 Å². The lowest BCUT2D eigenvalue weighted by Gasteiger charge is -2.33. The fraction of sp³-hybridized carbons (Fsp3) is 0.500. The first-order chi connectivity index (χ1) is 19.0. The van der Waals surface area contributed by atoms with Crippen molar-refractivity contribution in [1.82, 2.24) is 25.2 Å². The van der Waals surface area contributed by atoms with E-state index in [2.05, 4.69) is 20.7 Å². The van der Waals surface area contributed by atoms with Gasteiger partial charge in [0.25, 0.3) is 5.91 Å². The predicted molar refractivity (Wildman–Crippen MR) is 135 cm³/mol. The molecule has 2 atom stereocenters. The maximum absolute atomic E-state index is 13.9. The molecule has 7 nitrogen and oxygen atoms in total. The number of halogens is 5. The van der Waals surface area contributed by atoms with Crippen molar-refractivity contribution in [1.29, 1.82) is 0 Å². The molecule has 2 fully saturated rings. The third kappa shape index (κ3) is 6.95. The quantitative estimate of drug-likeness (QED) is 0.316. The molecule has 0 saturated heterocycles. The summed E-state index contributed by atoms with van der Waals surface area (Å²) in [5.74, 6) is -3.93. The van der Waals surface area contributed by atoms with Crippen molar-refractivity contribution in [3.8, 4) is 0 Å². The van der Waals surface area contributed by atoms with Crippen LogP contribution < -0.4 is 10.6 Å². The lowest BCUT2D eigenvalue weighted by atomic mass is 9.81. The highest BCUT2D eigenvalue weighted by Gasteiger charge is 2.40. The van der Waals surface area contributed by atoms with E-state index in [0.717, 1.165) is 12.8 Å². The van der Waals surface area contributed by atoms with Gasteiger partial charge in [-0.3, -0.25) is 9.59 Å². The van der Waals surface area contributed by atoms with Gasteiger partial charge in [-0.05, 0) is 61.3 Å².